The van der Waals surface area contributed by atoms with Crippen molar-refractivity contribution in [2.75, 3.05) is 40.9 Å². The van der Waals surface area contributed by atoms with E-state index >= 15 is 0 Å². The number of phosphoric acid groups is 1. The number of hydrogen-bond donors (Lipinski definition) is 2. The molecule has 8 nitrogen and oxygen atoms in total. The Balaban J connectivity index is 4.15. The summed E-state index contributed by atoms with van der Waals surface area (Å²) in [6, 6.07) is -0.922. The number of allylic oxidation sites excluding steroid dienone is 21. The van der Waals surface area contributed by atoms with E-state index in [1.807, 2.05) is 27.2 Å². The van der Waals surface area contributed by atoms with Gasteiger partial charge in [-0.25, -0.2) is 0 Å². The van der Waals surface area contributed by atoms with E-state index in [1.54, 1.807) is 6.08 Å². The fourth-order valence-corrected chi connectivity index (χ4v) is 10.9. The molecule has 0 aliphatic carbocycles. The third kappa shape index (κ3) is 70.1. The van der Waals surface area contributed by atoms with E-state index in [1.165, 1.54) is 193 Å². The molecule has 0 rings (SSSR count). The van der Waals surface area contributed by atoms with Crippen LogP contribution in [0.2, 0.25) is 0 Å². The van der Waals surface area contributed by atoms with Crippen LogP contribution in [-0.2, 0) is 18.4 Å². The largest absolute Gasteiger partial charge is 0.756 e. The van der Waals surface area contributed by atoms with Crippen molar-refractivity contribution in [1.29, 1.82) is 0 Å². The number of aliphatic hydroxyl groups is 1. The molecule has 0 saturated carbocycles. The third-order valence-corrected chi connectivity index (χ3v) is 16.8. The number of nitrogens with one attached hydrogen (secondary N) is 1. The number of hydrogen-bond acceptors (Lipinski definition) is 6. The second-order valence-electron chi connectivity index (χ2n) is 25.5. The third-order valence-electron chi connectivity index (χ3n) is 15.8. The van der Waals surface area contributed by atoms with Gasteiger partial charge in [-0.2, -0.15) is 0 Å². The number of amides is 1. The highest BCUT2D eigenvalue weighted by atomic mass is 31.2. The number of aliphatic hydroxyl groups excluding tert-OH is 1. The highest BCUT2D eigenvalue weighted by Crippen LogP contribution is 2.38. The Morgan fingerprint density at radius 2 is 0.705 bits per heavy atom. The van der Waals surface area contributed by atoms with Crippen molar-refractivity contribution < 1.29 is 32.9 Å². The van der Waals surface area contributed by atoms with Crippen molar-refractivity contribution in [3.63, 3.8) is 0 Å². The number of likely N-dealkylation sites (N-methyl/N-ethyl adjacent to an activating group) is 1. The molecule has 1 amide bonds. The van der Waals surface area contributed by atoms with Crippen molar-refractivity contribution >= 4 is 13.7 Å². The first kappa shape index (κ1) is 84.6. The van der Waals surface area contributed by atoms with E-state index in [2.05, 4.69) is 141 Å². The summed E-state index contributed by atoms with van der Waals surface area (Å²) in [6.45, 7) is 4.52. The molecule has 2 N–H and O–H groups in total. The average molecular weight is 1240 g/mol. The predicted octanol–water partition coefficient (Wildman–Crippen LogP) is 23.1. The van der Waals surface area contributed by atoms with Crippen LogP contribution in [-0.4, -0.2) is 68.5 Å². The number of nitrogens with zero attached hydrogens (tertiary/aromatic N) is 1. The van der Waals surface area contributed by atoms with Crippen molar-refractivity contribution in [2.45, 2.75) is 321 Å². The van der Waals surface area contributed by atoms with Crippen LogP contribution in [0.25, 0.3) is 0 Å². The van der Waals surface area contributed by atoms with E-state index in [0.29, 0.717) is 17.4 Å². The molecule has 0 saturated heterocycles. The lowest BCUT2D eigenvalue weighted by Crippen LogP contribution is -2.45. The molecule has 9 heteroatoms. The molecular formula is C79H139N2O6P. The summed E-state index contributed by atoms with van der Waals surface area (Å²) in [5, 5.41) is 13.9. The smallest absolute Gasteiger partial charge is 0.268 e. The zero-order valence-electron chi connectivity index (χ0n) is 57.9. The normalized spacial score (nSPS) is 14.4. The number of rotatable bonds is 66. The molecule has 0 fully saturated rings. The number of quaternary nitrogens is 1. The lowest BCUT2D eigenvalue weighted by atomic mass is 10.0. The summed E-state index contributed by atoms with van der Waals surface area (Å²) in [7, 11) is 1.23. The second kappa shape index (κ2) is 68.0. The van der Waals surface area contributed by atoms with Gasteiger partial charge in [0.15, 0.2) is 0 Å². The van der Waals surface area contributed by atoms with Gasteiger partial charge in [-0.15, -0.1) is 0 Å². The first-order valence-electron chi connectivity index (χ1n) is 36.5. The van der Waals surface area contributed by atoms with E-state index in [0.717, 1.165) is 96.3 Å². The van der Waals surface area contributed by atoms with Gasteiger partial charge >= 0.3 is 0 Å². The molecule has 0 aliphatic heterocycles. The molecule has 0 spiro atoms. The highest BCUT2D eigenvalue weighted by Gasteiger charge is 2.23. The van der Waals surface area contributed by atoms with Crippen LogP contribution in [0.15, 0.2) is 134 Å². The number of carbonyl (C=O) groups is 1. The molecule has 0 bridgehead atoms. The molecule has 0 aromatic rings. The van der Waals surface area contributed by atoms with E-state index in [9.17, 15) is 19.4 Å². The minimum absolute atomic E-state index is 0.0148. The molecule has 88 heavy (non-hydrogen) atoms. The van der Waals surface area contributed by atoms with Crippen molar-refractivity contribution in [2.24, 2.45) is 0 Å². The summed E-state index contributed by atoms with van der Waals surface area (Å²) >= 11 is 0. The van der Waals surface area contributed by atoms with Crippen LogP contribution < -0.4 is 10.2 Å². The molecular weight excluding hydrogens is 1100 g/mol. The van der Waals surface area contributed by atoms with Gasteiger partial charge in [0.05, 0.1) is 39.9 Å². The van der Waals surface area contributed by atoms with Crippen LogP contribution in [0.5, 0.6) is 0 Å². The minimum atomic E-state index is -4.63. The Kier molecular flexibility index (Phi) is 65.4. The van der Waals surface area contributed by atoms with Gasteiger partial charge in [-0.3, -0.25) is 9.36 Å². The van der Waals surface area contributed by atoms with Crippen LogP contribution in [0.1, 0.15) is 309 Å². The fourth-order valence-electron chi connectivity index (χ4n) is 10.2. The monoisotopic (exact) mass is 1240 g/mol. The zero-order valence-corrected chi connectivity index (χ0v) is 58.8. The lowest BCUT2D eigenvalue weighted by Gasteiger charge is -2.29. The molecule has 0 aromatic heterocycles. The van der Waals surface area contributed by atoms with Gasteiger partial charge in [0.25, 0.3) is 7.82 Å². The van der Waals surface area contributed by atoms with Gasteiger partial charge in [0, 0.05) is 6.42 Å². The molecule has 506 valence electrons. The van der Waals surface area contributed by atoms with Crippen LogP contribution in [0, 0.1) is 0 Å². The van der Waals surface area contributed by atoms with Crippen LogP contribution >= 0.6 is 7.82 Å². The predicted molar refractivity (Wildman–Crippen MR) is 385 cm³/mol. The minimum Gasteiger partial charge on any atom is -0.756 e. The van der Waals surface area contributed by atoms with Crippen LogP contribution in [0.4, 0.5) is 0 Å². The number of phosphoric ester groups is 1. The highest BCUT2D eigenvalue weighted by molar-refractivity contribution is 7.45. The molecule has 0 aromatic carbocycles. The van der Waals surface area contributed by atoms with Gasteiger partial charge in [0.2, 0.25) is 5.91 Å². The van der Waals surface area contributed by atoms with Gasteiger partial charge in [0.1, 0.15) is 13.2 Å². The maximum atomic E-state index is 13.0. The zero-order chi connectivity index (χ0) is 64.1. The molecule has 0 aliphatic rings. The number of unbranched alkanes of at least 4 members (excludes halogenated alkanes) is 33. The van der Waals surface area contributed by atoms with Gasteiger partial charge in [-0.1, -0.05) is 327 Å². The Morgan fingerprint density at radius 1 is 0.409 bits per heavy atom. The molecule has 0 heterocycles. The molecule has 3 unspecified atom stereocenters. The Hall–Kier alpha value is -3.36. The lowest BCUT2D eigenvalue weighted by molar-refractivity contribution is -0.870. The van der Waals surface area contributed by atoms with E-state index in [-0.39, 0.29) is 12.5 Å². The quantitative estimate of drug-likeness (QED) is 0.0272. The first-order chi connectivity index (χ1) is 43.0. The summed E-state index contributed by atoms with van der Waals surface area (Å²) in [4.78, 5) is 25.7. The van der Waals surface area contributed by atoms with Crippen molar-refractivity contribution in [1.82, 2.24) is 5.32 Å². The summed E-state index contributed by atoms with van der Waals surface area (Å²) < 4.78 is 23.4. The first-order valence-corrected chi connectivity index (χ1v) is 38.0. The maximum absolute atomic E-state index is 13.0. The summed E-state index contributed by atoms with van der Waals surface area (Å²) in [6.07, 6.45) is 103. The summed E-state index contributed by atoms with van der Waals surface area (Å²) in [5.74, 6) is -0.216. The van der Waals surface area contributed by atoms with Crippen molar-refractivity contribution in [3.8, 4) is 0 Å². The molecule has 3 atom stereocenters. The van der Waals surface area contributed by atoms with E-state index < -0.39 is 26.6 Å². The average Bonchev–Trinajstić information content (AvgIpc) is 3.70. The maximum Gasteiger partial charge on any atom is 0.268 e. The van der Waals surface area contributed by atoms with Crippen LogP contribution in [0.3, 0.4) is 0 Å². The topological polar surface area (TPSA) is 108 Å². The van der Waals surface area contributed by atoms with E-state index in [4.69, 9.17) is 9.05 Å². The Labute approximate surface area is 545 Å². The standard InChI is InChI=1S/C79H139N2O6P/c1-6-8-10-12-14-16-18-20-22-24-26-28-30-32-34-36-37-38-39-40-41-42-43-45-47-49-51-53-55-57-59-61-63-65-67-69-71-73-79(83)80-77(76-87-88(84,85)86-75-74-81(3,4)5)78(82)72-70-68-66-64-62-60-58-56-54-52-50-48-46-44-35-33-31-29-27-25-23-21-19-17-15-13-11-9-7-2/h8,10,14,16,20,22,26,28,32,34,37-38,40-41,43,45,54,56,62,64,70,72,77-78,82H,6-7,9,11-13,15,17-19,21,23-25,27,29-31,33,35-36,39,42,44,46-53,55,57-61,63,65-69,71,73-76H2,1-5H3,(H-,80,83,84,85)/b10-8-,16-14-,22-20-,28-26-,34-32-,38-37-,41-40-,45-43-,56-54+,64-62+,72-70+. The SMILES string of the molecule is CC/C=C\C/C=C\C/C=C\C/C=C\C/C=C\C/C=C\C/C=C\C/C=C\CCCCCCCCCCCCCCC(=O)NC(COP(=O)([O-])OCC[N+](C)(C)C)C(O)/C=C/CC/C=C/CC/C=C/CCCCCCCCCCCCCCCCCCCCC. The van der Waals surface area contributed by atoms with Crippen molar-refractivity contribution in [3.05, 3.63) is 134 Å². The summed E-state index contributed by atoms with van der Waals surface area (Å²) in [5.41, 5.74) is 0. The number of carbonyl (C=O) groups excluding carboxylic acids is 1. The second-order valence-corrected chi connectivity index (χ2v) is 27.0. The van der Waals surface area contributed by atoms with Gasteiger partial charge in [-0.05, 0) is 109 Å². The molecule has 0 radical (unpaired) electrons. The Morgan fingerprint density at radius 3 is 1.06 bits per heavy atom. The fraction of sp³-hybridized carbons (Fsp3) is 0.709. The van der Waals surface area contributed by atoms with Gasteiger partial charge < -0.3 is 28.8 Å². The Bertz CT molecular complexity index is 1900.